The number of ether oxygens (including phenoxy) is 1. The lowest BCUT2D eigenvalue weighted by Crippen LogP contribution is -2.23. The van der Waals surface area contributed by atoms with Crippen molar-refractivity contribution in [3.8, 4) is 0 Å². The molecule has 0 unspecified atom stereocenters. The van der Waals surface area contributed by atoms with E-state index in [0.29, 0.717) is 6.04 Å². The molecule has 2 heterocycles. The summed E-state index contributed by atoms with van der Waals surface area (Å²) in [4.78, 5) is 16.2. The molecule has 1 aliphatic carbocycles. The van der Waals surface area contributed by atoms with Crippen LogP contribution in [0.25, 0.3) is 10.9 Å². The average molecular weight is 408 g/mol. The predicted molar refractivity (Wildman–Crippen MR) is 119 cm³/mol. The fourth-order valence-corrected chi connectivity index (χ4v) is 4.11. The SMILES string of the molecule is COCC(=O)Nc1ccc(CCc2[nH]nc3ccnc(NC4CCCCC4)c23)cc1. The lowest BCUT2D eigenvalue weighted by Gasteiger charge is -2.23. The van der Waals surface area contributed by atoms with Gasteiger partial charge in [-0.2, -0.15) is 5.10 Å². The first-order valence-corrected chi connectivity index (χ1v) is 10.7. The number of rotatable bonds is 8. The Labute approximate surface area is 176 Å². The molecule has 158 valence electrons. The minimum absolute atomic E-state index is 0.0555. The van der Waals surface area contributed by atoms with Crippen molar-refractivity contribution in [2.24, 2.45) is 0 Å². The van der Waals surface area contributed by atoms with Gasteiger partial charge in [0.1, 0.15) is 12.4 Å². The topological polar surface area (TPSA) is 91.9 Å². The van der Waals surface area contributed by atoms with Crippen LogP contribution in [0, 0.1) is 0 Å². The largest absolute Gasteiger partial charge is 0.375 e. The molecule has 0 spiro atoms. The van der Waals surface area contributed by atoms with Crippen molar-refractivity contribution in [2.75, 3.05) is 24.4 Å². The third-order valence-corrected chi connectivity index (χ3v) is 5.66. The molecule has 1 amide bonds. The molecule has 0 radical (unpaired) electrons. The average Bonchev–Trinajstić information content (AvgIpc) is 3.18. The van der Waals surface area contributed by atoms with E-state index < -0.39 is 0 Å². The van der Waals surface area contributed by atoms with Gasteiger partial charge in [-0.05, 0) is 49.4 Å². The van der Waals surface area contributed by atoms with E-state index in [2.05, 4.69) is 25.8 Å². The van der Waals surface area contributed by atoms with Crippen LogP contribution in [0.5, 0.6) is 0 Å². The number of nitrogens with one attached hydrogen (secondary N) is 3. The fraction of sp³-hybridized carbons (Fsp3) is 0.435. The number of pyridine rings is 1. The summed E-state index contributed by atoms with van der Waals surface area (Å²) in [6.45, 7) is 0.0555. The monoisotopic (exact) mass is 407 g/mol. The van der Waals surface area contributed by atoms with Crippen molar-refractivity contribution in [1.29, 1.82) is 0 Å². The van der Waals surface area contributed by atoms with E-state index in [-0.39, 0.29) is 12.5 Å². The van der Waals surface area contributed by atoms with Crippen molar-refractivity contribution >= 4 is 28.3 Å². The van der Waals surface area contributed by atoms with E-state index in [9.17, 15) is 4.79 Å². The van der Waals surface area contributed by atoms with E-state index in [1.54, 1.807) is 0 Å². The quantitative estimate of drug-likeness (QED) is 0.523. The molecular formula is C23H29N5O2. The van der Waals surface area contributed by atoms with Crippen molar-refractivity contribution in [3.63, 3.8) is 0 Å². The Morgan fingerprint density at radius 2 is 1.93 bits per heavy atom. The number of anilines is 2. The van der Waals surface area contributed by atoms with E-state index in [1.807, 2.05) is 36.5 Å². The molecule has 3 N–H and O–H groups in total. The molecule has 0 aliphatic heterocycles. The molecule has 1 aromatic carbocycles. The Morgan fingerprint density at radius 1 is 1.13 bits per heavy atom. The number of hydrogen-bond donors (Lipinski definition) is 3. The normalized spacial score (nSPS) is 14.7. The van der Waals surface area contributed by atoms with E-state index in [0.717, 1.165) is 40.9 Å². The van der Waals surface area contributed by atoms with Gasteiger partial charge in [0.2, 0.25) is 5.91 Å². The maximum Gasteiger partial charge on any atom is 0.250 e. The zero-order chi connectivity index (χ0) is 20.8. The lowest BCUT2D eigenvalue weighted by atomic mass is 9.95. The molecule has 1 saturated carbocycles. The second-order valence-electron chi connectivity index (χ2n) is 7.91. The molecule has 3 aromatic rings. The van der Waals surface area contributed by atoms with Crippen molar-refractivity contribution in [2.45, 2.75) is 51.0 Å². The van der Waals surface area contributed by atoms with Crippen LogP contribution in [0.15, 0.2) is 36.5 Å². The minimum atomic E-state index is -0.153. The van der Waals surface area contributed by atoms with Gasteiger partial charge in [0, 0.05) is 30.7 Å². The summed E-state index contributed by atoms with van der Waals surface area (Å²) < 4.78 is 4.84. The maximum absolute atomic E-state index is 11.6. The second-order valence-corrected chi connectivity index (χ2v) is 7.91. The maximum atomic E-state index is 11.6. The molecule has 0 saturated heterocycles. The van der Waals surface area contributed by atoms with Crippen LogP contribution in [0.3, 0.4) is 0 Å². The highest BCUT2D eigenvalue weighted by Crippen LogP contribution is 2.28. The van der Waals surface area contributed by atoms with Crippen LogP contribution in [0.1, 0.15) is 43.4 Å². The summed E-state index contributed by atoms with van der Waals surface area (Å²) in [7, 11) is 1.51. The van der Waals surface area contributed by atoms with Crippen LogP contribution in [0.2, 0.25) is 0 Å². The van der Waals surface area contributed by atoms with Crippen LogP contribution < -0.4 is 10.6 Å². The summed E-state index contributed by atoms with van der Waals surface area (Å²) in [5.41, 5.74) is 4.03. The van der Waals surface area contributed by atoms with Crippen LogP contribution in [0.4, 0.5) is 11.5 Å². The molecule has 0 bridgehead atoms. The Kier molecular flexibility index (Phi) is 6.59. The zero-order valence-electron chi connectivity index (χ0n) is 17.4. The van der Waals surface area contributed by atoms with Gasteiger partial charge in [-0.3, -0.25) is 9.89 Å². The molecule has 1 fully saturated rings. The molecule has 7 heteroatoms. The number of methoxy groups -OCH3 is 1. The fourth-order valence-electron chi connectivity index (χ4n) is 4.11. The molecule has 0 atom stereocenters. The Bertz CT molecular complexity index is 977. The van der Waals surface area contributed by atoms with Crippen molar-refractivity contribution in [1.82, 2.24) is 15.2 Å². The number of benzene rings is 1. The number of aromatic amines is 1. The number of aromatic nitrogens is 3. The third-order valence-electron chi connectivity index (χ3n) is 5.66. The Hall–Kier alpha value is -2.93. The van der Waals surface area contributed by atoms with Gasteiger partial charge in [-0.25, -0.2) is 4.98 Å². The predicted octanol–water partition coefficient (Wildman–Crippen LogP) is 4.07. The van der Waals surface area contributed by atoms with Crippen LogP contribution in [-0.2, 0) is 22.4 Å². The van der Waals surface area contributed by atoms with E-state index in [4.69, 9.17) is 4.74 Å². The number of carbonyl (C=O) groups is 1. The van der Waals surface area contributed by atoms with Gasteiger partial charge in [-0.1, -0.05) is 31.4 Å². The van der Waals surface area contributed by atoms with Gasteiger partial charge in [0.25, 0.3) is 0 Å². The summed E-state index contributed by atoms with van der Waals surface area (Å²) >= 11 is 0. The lowest BCUT2D eigenvalue weighted by molar-refractivity contribution is -0.119. The molecular weight excluding hydrogens is 378 g/mol. The number of aryl methyl sites for hydroxylation is 2. The molecule has 7 nitrogen and oxygen atoms in total. The van der Waals surface area contributed by atoms with Crippen LogP contribution in [-0.4, -0.2) is 40.8 Å². The van der Waals surface area contributed by atoms with Crippen molar-refractivity contribution in [3.05, 3.63) is 47.8 Å². The molecule has 30 heavy (non-hydrogen) atoms. The number of nitrogens with zero attached hydrogens (tertiary/aromatic N) is 2. The first kappa shape index (κ1) is 20.3. The highest BCUT2D eigenvalue weighted by molar-refractivity contribution is 5.92. The minimum Gasteiger partial charge on any atom is -0.375 e. The number of hydrogen-bond acceptors (Lipinski definition) is 5. The summed E-state index contributed by atoms with van der Waals surface area (Å²) in [5, 5.41) is 15.3. The Morgan fingerprint density at radius 3 is 2.70 bits per heavy atom. The van der Waals surface area contributed by atoms with Gasteiger partial charge in [0.15, 0.2) is 0 Å². The Balaban J connectivity index is 1.43. The summed E-state index contributed by atoms with van der Waals surface area (Å²) in [6, 6.07) is 10.4. The van der Waals surface area contributed by atoms with E-state index in [1.165, 1.54) is 44.8 Å². The first-order valence-electron chi connectivity index (χ1n) is 10.7. The third kappa shape index (κ3) is 4.97. The molecule has 2 aromatic heterocycles. The summed E-state index contributed by atoms with van der Waals surface area (Å²) in [6.07, 6.45) is 9.87. The van der Waals surface area contributed by atoms with Crippen molar-refractivity contribution < 1.29 is 9.53 Å². The van der Waals surface area contributed by atoms with Gasteiger partial charge in [-0.15, -0.1) is 0 Å². The first-order chi connectivity index (χ1) is 14.7. The number of amides is 1. The molecule has 1 aliphatic rings. The standard InChI is InChI=1S/C23H29N5O2/c1-30-15-21(29)25-18-10-7-16(8-11-18)9-12-19-22-20(28-27-19)13-14-24-23(22)26-17-5-3-2-4-6-17/h7-8,10-11,13-14,17H,2-6,9,12,15H2,1H3,(H,24,26)(H,25,29)(H,27,28). The number of fused-ring (bicyclic) bond motifs is 1. The number of H-pyrrole nitrogens is 1. The van der Waals surface area contributed by atoms with Crippen LogP contribution >= 0.6 is 0 Å². The highest BCUT2D eigenvalue weighted by atomic mass is 16.5. The van der Waals surface area contributed by atoms with Gasteiger partial charge in [0.05, 0.1) is 10.9 Å². The van der Waals surface area contributed by atoms with E-state index >= 15 is 0 Å². The molecule has 4 rings (SSSR count). The van der Waals surface area contributed by atoms with Gasteiger partial charge >= 0.3 is 0 Å². The highest BCUT2D eigenvalue weighted by Gasteiger charge is 2.17. The zero-order valence-corrected chi connectivity index (χ0v) is 17.4. The summed E-state index contributed by atoms with van der Waals surface area (Å²) in [5.74, 6) is 0.791. The number of carbonyl (C=O) groups excluding carboxylic acids is 1. The van der Waals surface area contributed by atoms with Gasteiger partial charge < -0.3 is 15.4 Å². The second kappa shape index (κ2) is 9.71. The smallest absolute Gasteiger partial charge is 0.250 e.